The molecule has 0 saturated heterocycles. The van der Waals surface area contributed by atoms with Gasteiger partial charge in [0.05, 0.1) is 6.54 Å². The van der Waals surface area contributed by atoms with E-state index in [-0.39, 0.29) is 18.5 Å². The monoisotopic (exact) mass is 332 g/mol. The summed E-state index contributed by atoms with van der Waals surface area (Å²) in [6.45, 7) is 2.32. The van der Waals surface area contributed by atoms with Gasteiger partial charge in [0.25, 0.3) is 0 Å². The number of rotatable bonds is 5. The predicted molar refractivity (Wildman–Crippen MR) is 85.6 cm³/mol. The van der Waals surface area contributed by atoms with Crippen molar-refractivity contribution in [1.29, 1.82) is 0 Å². The zero-order valence-electron chi connectivity index (χ0n) is 11.3. The molecule has 0 fully saturated rings. The minimum atomic E-state index is -0.0501. The van der Waals surface area contributed by atoms with Crippen molar-refractivity contribution < 1.29 is 4.79 Å². The van der Waals surface area contributed by atoms with Gasteiger partial charge in [-0.1, -0.05) is 52.3 Å². The first-order valence-corrected chi connectivity index (χ1v) is 7.28. The van der Waals surface area contributed by atoms with E-state index < -0.39 is 0 Å². The summed E-state index contributed by atoms with van der Waals surface area (Å²) in [5, 5.41) is 6.07. The van der Waals surface area contributed by atoms with E-state index in [0.29, 0.717) is 0 Å². The molecular weight excluding hydrogens is 316 g/mol. The second-order valence-corrected chi connectivity index (χ2v) is 5.49. The molecule has 2 aromatic carbocycles. The SMILES string of the molecule is CC(NCC(=O)Nc1cccc(Br)c1)c1ccccc1. The lowest BCUT2D eigenvalue weighted by Gasteiger charge is -2.14. The minimum absolute atomic E-state index is 0.0501. The molecule has 1 amide bonds. The fourth-order valence-electron chi connectivity index (χ4n) is 1.88. The predicted octanol–water partition coefficient (Wildman–Crippen LogP) is 3.74. The number of carbonyl (C=O) groups excluding carboxylic acids is 1. The number of hydrogen-bond donors (Lipinski definition) is 2. The summed E-state index contributed by atoms with van der Waals surface area (Å²) in [6, 6.07) is 17.8. The topological polar surface area (TPSA) is 41.1 Å². The van der Waals surface area contributed by atoms with Crippen LogP contribution in [0.4, 0.5) is 5.69 Å². The summed E-state index contributed by atoms with van der Waals surface area (Å²) in [7, 11) is 0. The summed E-state index contributed by atoms with van der Waals surface area (Å²) in [4.78, 5) is 11.9. The van der Waals surface area contributed by atoms with Crippen LogP contribution in [0.15, 0.2) is 59.1 Å². The molecule has 0 aliphatic carbocycles. The molecule has 0 radical (unpaired) electrons. The van der Waals surface area contributed by atoms with Crippen molar-refractivity contribution in [2.45, 2.75) is 13.0 Å². The number of nitrogens with one attached hydrogen (secondary N) is 2. The summed E-state index contributed by atoms with van der Waals surface area (Å²) >= 11 is 3.38. The summed E-state index contributed by atoms with van der Waals surface area (Å²) in [5.41, 5.74) is 1.96. The fraction of sp³-hybridized carbons (Fsp3) is 0.188. The summed E-state index contributed by atoms with van der Waals surface area (Å²) < 4.78 is 0.945. The standard InChI is InChI=1S/C16H17BrN2O/c1-12(13-6-3-2-4-7-13)18-11-16(20)19-15-9-5-8-14(17)10-15/h2-10,12,18H,11H2,1H3,(H,19,20). The van der Waals surface area contributed by atoms with E-state index in [1.807, 2.05) is 61.5 Å². The Kier molecular flexibility index (Phi) is 5.32. The fourth-order valence-corrected chi connectivity index (χ4v) is 2.28. The highest BCUT2D eigenvalue weighted by atomic mass is 79.9. The largest absolute Gasteiger partial charge is 0.325 e. The molecule has 4 heteroatoms. The Morgan fingerprint density at radius 3 is 2.60 bits per heavy atom. The van der Waals surface area contributed by atoms with E-state index in [9.17, 15) is 4.79 Å². The lowest BCUT2D eigenvalue weighted by Crippen LogP contribution is -2.30. The lowest BCUT2D eigenvalue weighted by molar-refractivity contribution is -0.115. The van der Waals surface area contributed by atoms with E-state index in [1.54, 1.807) is 0 Å². The first kappa shape index (κ1) is 14.8. The van der Waals surface area contributed by atoms with Crippen LogP contribution in [-0.2, 0) is 4.79 Å². The average Bonchev–Trinajstić information content (AvgIpc) is 2.46. The number of benzene rings is 2. The minimum Gasteiger partial charge on any atom is -0.325 e. The van der Waals surface area contributed by atoms with Gasteiger partial charge in [-0.15, -0.1) is 0 Å². The van der Waals surface area contributed by atoms with Gasteiger partial charge in [-0.3, -0.25) is 4.79 Å². The van der Waals surface area contributed by atoms with Gasteiger partial charge in [0.2, 0.25) is 5.91 Å². The number of carbonyl (C=O) groups is 1. The quantitative estimate of drug-likeness (QED) is 0.875. The van der Waals surface area contributed by atoms with Crippen LogP contribution >= 0.6 is 15.9 Å². The first-order valence-electron chi connectivity index (χ1n) is 6.49. The number of hydrogen-bond acceptors (Lipinski definition) is 2. The van der Waals surface area contributed by atoms with Gasteiger partial charge in [-0.05, 0) is 30.7 Å². The van der Waals surface area contributed by atoms with Crippen LogP contribution < -0.4 is 10.6 Å². The molecule has 0 spiro atoms. The molecule has 1 atom stereocenters. The van der Waals surface area contributed by atoms with Crippen molar-refractivity contribution in [3.8, 4) is 0 Å². The zero-order valence-corrected chi connectivity index (χ0v) is 12.9. The van der Waals surface area contributed by atoms with E-state index in [0.717, 1.165) is 10.2 Å². The summed E-state index contributed by atoms with van der Waals surface area (Å²) in [5.74, 6) is -0.0501. The third kappa shape index (κ3) is 4.47. The van der Waals surface area contributed by atoms with E-state index in [2.05, 4.69) is 26.6 Å². The number of amides is 1. The van der Waals surface area contributed by atoms with Crippen LogP contribution in [0, 0.1) is 0 Å². The van der Waals surface area contributed by atoms with Gasteiger partial charge in [0.15, 0.2) is 0 Å². The highest BCUT2D eigenvalue weighted by Crippen LogP contribution is 2.15. The molecular formula is C16H17BrN2O. The summed E-state index contributed by atoms with van der Waals surface area (Å²) in [6.07, 6.45) is 0. The van der Waals surface area contributed by atoms with Crippen LogP contribution in [0.25, 0.3) is 0 Å². The second-order valence-electron chi connectivity index (χ2n) is 4.57. The Balaban J connectivity index is 1.83. The molecule has 0 bridgehead atoms. The van der Waals surface area contributed by atoms with Gasteiger partial charge >= 0.3 is 0 Å². The van der Waals surface area contributed by atoms with Crippen molar-refractivity contribution in [2.24, 2.45) is 0 Å². The Hall–Kier alpha value is -1.65. The van der Waals surface area contributed by atoms with Gasteiger partial charge < -0.3 is 10.6 Å². The van der Waals surface area contributed by atoms with Crippen LogP contribution in [0.1, 0.15) is 18.5 Å². The lowest BCUT2D eigenvalue weighted by atomic mass is 10.1. The van der Waals surface area contributed by atoms with Gasteiger partial charge in [-0.2, -0.15) is 0 Å². The molecule has 0 aromatic heterocycles. The maximum absolute atomic E-state index is 11.9. The molecule has 20 heavy (non-hydrogen) atoms. The number of anilines is 1. The van der Waals surface area contributed by atoms with Crippen molar-refractivity contribution >= 4 is 27.5 Å². The van der Waals surface area contributed by atoms with Crippen molar-refractivity contribution in [1.82, 2.24) is 5.32 Å². The molecule has 0 aliphatic heterocycles. The molecule has 1 unspecified atom stereocenters. The maximum Gasteiger partial charge on any atom is 0.238 e. The van der Waals surface area contributed by atoms with Crippen LogP contribution in [-0.4, -0.2) is 12.5 Å². The maximum atomic E-state index is 11.9. The average molecular weight is 333 g/mol. The van der Waals surface area contributed by atoms with Crippen molar-refractivity contribution in [2.75, 3.05) is 11.9 Å². The molecule has 0 saturated carbocycles. The van der Waals surface area contributed by atoms with Crippen molar-refractivity contribution in [3.63, 3.8) is 0 Å². The van der Waals surface area contributed by atoms with Gasteiger partial charge in [0.1, 0.15) is 0 Å². The Morgan fingerprint density at radius 2 is 1.90 bits per heavy atom. The highest BCUT2D eigenvalue weighted by molar-refractivity contribution is 9.10. The molecule has 3 nitrogen and oxygen atoms in total. The molecule has 2 N–H and O–H groups in total. The Labute approximate surface area is 127 Å². The molecule has 0 aliphatic rings. The zero-order chi connectivity index (χ0) is 14.4. The smallest absolute Gasteiger partial charge is 0.238 e. The van der Waals surface area contributed by atoms with E-state index in [4.69, 9.17) is 0 Å². The van der Waals surface area contributed by atoms with Crippen LogP contribution in [0.3, 0.4) is 0 Å². The molecule has 2 rings (SSSR count). The van der Waals surface area contributed by atoms with Crippen LogP contribution in [0.2, 0.25) is 0 Å². The third-order valence-electron chi connectivity index (χ3n) is 2.98. The van der Waals surface area contributed by atoms with Gasteiger partial charge in [0, 0.05) is 16.2 Å². The Bertz CT molecular complexity index is 572. The second kappa shape index (κ2) is 7.22. The molecule has 2 aromatic rings. The van der Waals surface area contributed by atoms with Crippen LogP contribution in [0.5, 0.6) is 0 Å². The van der Waals surface area contributed by atoms with E-state index >= 15 is 0 Å². The molecule has 104 valence electrons. The van der Waals surface area contributed by atoms with Crippen molar-refractivity contribution in [3.05, 3.63) is 64.6 Å². The third-order valence-corrected chi connectivity index (χ3v) is 3.47. The molecule has 0 heterocycles. The number of halogens is 1. The highest BCUT2D eigenvalue weighted by Gasteiger charge is 2.07. The normalized spacial score (nSPS) is 11.9. The first-order chi connectivity index (χ1) is 9.65. The van der Waals surface area contributed by atoms with Gasteiger partial charge in [-0.25, -0.2) is 0 Å². The van der Waals surface area contributed by atoms with E-state index in [1.165, 1.54) is 5.56 Å². The Morgan fingerprint density at radius 1 is 1.15 bits per heavy atom.